The Morgan fingerprint density at radius 1 is 1.26 bits per heavy atom. The van der Waals surface area contributed by atoms with Crippen LogP contribution in [0, 0.1) is 5.92 Å². The summed E-state index contributed by atoms with van der Waals surface area (Å²) in [7, 11) is 2.08. The highest BCUT2D eigenvalue weighted by Gasteiger charge is 2.24. The number of nitrogens with zero attached hydrogens (tertiary/aromatic N) is 3. The first-order chi connectivity index (χ1) is 9.31. The summed E-state index contributed by atoms with van der Waals surface area (Å²) in [5.74, 6) is 2.20. The molecular formula is C15H26N4. The minimum atomic E-state index is 0.769. The smallest absolute Gasteiger partial charge is 0.109 e. The Labute approximate surface area is 116 Å². The zero-order valence-electron chi connectivity index (χ0n) is 12.0. The van der Waals surface area contributed by atoms with E-state index in [0.29, 0.717) is 0 Å². The van der Waals surface area contributed by atoms with Gasteiger partial charge in [-0.25, -0.2) is 4.98 Å². The first kappa shape index (κ1) is 13.1. The van der Waals surface area contributed by atoms with Gasteiger partial charge in [0.15, 0.2) is 0 Å². The second kappa shape index (κ2) is 6.06. The number of hydrogen-bond donors (Lipinski definition) is 1. The molecule has 2 aliphatic rings. The fourth-order valence-corrected chi connectivity index (χ4v) is 2.91. The van der Waals surface area contributed by atoms with Gasteiger partial charge in [0.2, 0.25) is 0 Å². The minimum Gasteiger partial charge on any atom is -0.338 e. The van der Waals surface area contributed by atoms with Gasteiger partial charge >= 0.3 is 0 Å². The molecule has 1 aromatic heterocycles. The van der Waals surface area contributed by atoms with E-state index in [9.17, 15) is 0 Å². The van der Waals surface area contributed by atoms with Crippen molar-refractivity contribution in [2.45, 2.75) is 38.1 Å². The number of piperidine rings is 1. The molecule has 4 nitrogen and oxygen atoms in total. The van der Waals surface area contributed by atoms with E-state index < -0.39 is 0 Å². The summed E-state index contributed by atoms with van der Waals surface area (Å²) in [6.07, 6.45) is 10.5. The minimum absolute atomic E-state index is 0.769. The molecule has 1 aliphatic carbocycles. The van der Waals surface area contributed by atoms with E-state index in [1.807, 2.05) is 12.4 Å². The molecule has 0 radical (unpaired) electrons. The lowest BCUT2D eigenvalue weighted by atomic mass is 10.0. The molecule has 0 amide bonds. The van der Waals surface area contributed by atoms with Crippen LogP contribution in [-0.4, -0.2) is 46.7 Å². The summed E-state index contributed by atoms with van der Waals surface area (Å²) in [6.45, 7) is 4.90. The third kappa shape index (κ3) is 3.80. The summed E-state index contributed by atoms with van der Waals surface area (Å²) >= 11 is 0. The number of imidazole rings is 1. The molecule has 1 aliphatic heterocycles. The van der Waals surface area contributed by atoms with Crippen LogP contribution in [-0.2, 0) is 13.5 Å². The molecule has 0 spiro atoms. The average Bonchev–Trinajstić information content (AvgIpc) is 3.18. The molecule has 3 rings (SSSR count). The molecule has 0 aromatic carbocycles. The van der Waals surface area contributed by atoms with Crippen molar-refractivity contribution >= 4 is 0 Å². The highest BCUT2D eigenvalue weighted by Crippen LogP contribution is 2.28. The summed E-state index contributed by atoms with van der Waals surface area (Å²) in [5.41, 5.74) is 0. The van der Waals surface area contributed by atoms with E-state index in [1.165, 1.54) is 51.1 Å². The predicted octanol–water partition coefficient (Wildman–Crippen LogP) is 1.43. The van der Waals surface area contributed by atoms with Gasteiger partial charge in [0.1, 0.15) is 5.82 Å². The van der Waals surface area contributed by atoms with Crippen molar-refractivity contribution in [1.29, 1.82) is 0 Å². The molecule has 106 valence electrons. The highest BCUT2D eigenvalue weighted by molar-refractivity contribution is 4.92. The molecular weight excluding hydrogens is 236 g/mol. The van der Waals surface area contributed by atoms with Crippen molar-refractivity contribution in [2.24, 2.45) is 13.0 Å². The molecule has 0 atom stereocenters. The molecule has 4 heteroatoms. The molecule has 19 heavy (non-hydrogen) atoms. The fraction of sp³-hybridized carbons (Fsp3) is 0.800. The van der Waals surface area contributed by atoms with E-state index in [4.69, 9.17) is 0 Å². The van der Waals surface area contributed by atoms with E-state index in [0.717, 1.165) is 24.9 Å². The summed E-state index contributed by atoms with van der Waals surface area (Å²) < 4.78 is 2.13. The Hall–Kier alpha value is -0.870. The summed E-state index contributed by atoms with van der Waals surface area (Å²) in [5, 5.41) is 3.74. The van der Waals surface area contributed by atoms with Crippen molar-refractivity contribution in [3.05, 3.63) is 18.2 Å². The third-order valence-electron chi connectivity index (χ3n) is 4.55. The van der Waals surface area contributed by atoms with Gasteiger partial charge in [-0.15, -0.1) is 0 Å². The molecule has 0 bridgehead atoms. The Bertz CT molecular complexity index is 389. The van der Waals surface area contributed by atoms with Gasteiger partial charge in [0, 0.05) is 38.4 Å². The second-order valence-corrected chi connectivity index (χ2v) is 6.17. The standard InChI is InChI=1S/C15H26N4/c1-18-11-7-16-15(18)6-10-19-8-4-14(5-9-19)17-12-13-2-3-13/h7,11,13-14,17H,2-6,8-10,12H2,1H3. The normalized spacial score (nSPS) is 21.9. The lowest BCUT2D eigenvalue weighted by molar-refractivity contribution is 0.198. The van der Waals surface area contributed by atoms with Crippen LogP contribution >= 0.6 is 0 Å². The maximum Gasteiger partial charge on any atom is 0.109 e. The number of hydrogen-bond acceptors (Lipinski definition) is 3. The van der Waals surface area contributed by atoms with Crippen LogP contribution in [0.2, 0.25) is 0 Å². The van der Waals surface area contributed by atoms with Crippen LogP contribution in [0.15, 0.2) is 12.4 Å². The highest BCUT2D eigenvalue weighted by atomic mass is 15.1. The van der Waals surface area contributed by atoms with E-state index >= 15 is 0 Å². The second-order valence-electron chi connectivity index (χ2n) is 6.17. The van der Waals surface area contributed by atoms with Gasteiger partial charge in [0.25, 0.3) is 0 Å². The monoisotopic (exact) mass is 262 g/mol. The topological polar surface area (TPSA) is 33.1 Å². The van der Waals surface area contributed by atoms with Crippen LogP contribution in [0.25, 0.3) is 0 Å². The van der Waals surface area contributed by atoms with Crippen LogP contribution in [0.1, 0.15) is 31.5 Å². The van der Waals surface area contributed by atoms with E-state index in [2.05, 4.69) is 26.8 Å². The van der Waals surface area contributed by atoms with Crippen LogP contribution < -0.4 is 5.32 Å². The van der Waals surface area contributed by atoms with Gasteiger partial charge < -0.3 is 14.8 Å². The van der Waals surface area contributed by atoms with Gasteiger partial charge in [-0.05, 0) is 51.2 Å². The predicted molar refractivity (Wildman–Crippen MR) is 77.1 cm³/mol. The van der Waals surface area contributed by atoms with Crippen molar-refractivity contribution in [1.82, 2.24) is 19.8 Å². The van der Waals surface area contributed by atoms with Gasteiger partial charge in [0.05, 0.1) is 0 Å². The van der Waals surface area contributed by atoms with Crippen LogP contribution in [0.5, 0.6) is 0 Å². The Kier molecular flexibility index (Phi) is 4.18. The number of nitrogens with one attached hydrogen (secondary N) is 1. The molecule has 1 saturated carbocycles. The summed E-state index contributed by atoms with van der Waals surface area (Å²) in [4.78, 5) is 6.98. The number of likely N-dealkylation sites (tertiary alicyclic amines) is 1. The largest absolute Gasteiger partial charge is 0.338 e. The number of rotatable bonds is 6. The maximum atomic E-state index is 4.39. The zero-order valence-corrected chi connectivity index (χ0v) is 12.0. The lowest BCUT2D eigenvalue weighted by Gasteiger charge is -2.32. The Morgan fingerprint density at radius 3 is 2.68 bits per heavy atom. The third-order valence-corrected chi connectivity index (χ3v) is 4.55. The van der Waals surface area contributed by atoms with E-state index in [1.54, 1.807) is 0 Å². The van der Waals surface area contributed by atoms with Gasteiger partial charge in [-0.2, -0.15) is 0 Å². The maximum absolute atomic E-state index is 4.39. The first-order valence-corrected chi connectivity index (χ1v) is 7.73. The van der Waals surface area contributed by atoms with Gasteiger partial charge in [-0.3, -0.25) is 0 Å². The average molecular weight is 262 g/mol. The van der Waals surface area contributed by atoms with E-state index in [-0.39, 0.29) is 0 Å². The Balaban J connectivity index is 1.34. The van der Waals surface area contributed by atoms with Crippen LogP contribution in [0.3, 0.4) is 0 Å². The summed E-state index contributed by atoms with van der Waals surface area (Å²) in [6, 6.07) is 0.769. The lowest BCUT2D eigenvalue weighted by Crippen LogP contribution is -2.43. The molecule has 1 aromatic rings. The van der Waals surface area contributed by atoms with Crippen molar-refractivity contribution < 1.29 is 0 Å². The molecule has 1 N–H and O–H groups in total. The van der Waals surface area contributed by atoms with Crippen molar-refractivity contribution in [3.8, 4) is 0 Å². The molecule has 2 fully saturated rings. The quantitative estimate of drug-likeness (QED) is 0.842. The Morgan fingerprint density at radius 2 is 2.05 bits per heavy atom. The SMILES string of the molecule is Cn1ccnc1CCN1CCC(NCC2CC2)CC1. The molecule has 0 unspecified atom stereocenters. The van der Waals surface area contributed by atoms with Crippen molar-refractivity contribution in [2.75, 3.05) is 26.2 Å². The number of aromatic nitrogens is 2. The van der Waals surface area contributed by atoms with Crippen LogP contribution in [0.4, 0.5) is 0 Å². The first-order valence-electron chi connectivity index (χ1n) is 7.73. The fourth-order valence-electron chi connectivity index (χ4n) is 2.91. The van der Waals surface area contributed by atoms with Gasteiger partial charge in [-0.1, -0.05) is 0 Å². The van der Waals surface area contributed by atoms with Crippen molar-refractivity contribution in [3.63, 3.8) is 0 Å². The molecule has 1 saturated heterocycles. The zero-order chi connectivity index (χ0) is 13.1. The number of aryl methyl sites for hydroxylation is 1. The molecule has 2 heterocycles.